The van der Waals surface area contributed by atoms with Crippen LogP contribution in [-0.2, 0) is 9.84 Å². The van der Waals surface area contributed by atoms with Crippen molar-refractivity contribution < 1.29 is 13.2 Å². The van der Waals surface area contributed by atoms with Crippen molar-refractivity contribution in [2.45, 2.75) is 38.1 Å². The van der Waals surface area contributed by atoms with Crippen LogP contribution in [0.5, 0.6) is 5.75 Å². The standard InChI is InChI=1S/C20H29N3O3S/c24-27(25)11-9-16(14-27)13-22-20(21-12-15-4-3-5-15)23-18-8-10-26-19-7-2-1-6-17(18)19/h1-2,6-7,15-16,18H,3-5,8-14H2,(H2,21,22,23). The summed E-state index contributed by atoms with van der Waals surface area (Å²) in [6.07, 6.45) is 5.49. The number of fused-ring (bicyclic) bond motifs is 1. The second kappa shape index (κ2) is 8.09. The monoisotopic (exact) mass is 391 g/mol. The molecule has 2 fully saturated rings. The highest BCUT2D eigenvalue weighted by Crippen LogP contribution is 2.31. The highest BCUT2D eigenvalue weighted by atomic mass is 32.2. The molecule has 2 N–H and O–H groups in total. The van der Waals surface area contributed by atoms with Crippen LogP contribution in [0.2, 0.25) is 0 Å². The summed E-state index contributed by atoms with van der Waals surface area (Å²) in [4.78, 5) is 4.76. The first-order valence-corrected chi connectivity index (χ1v) is 11.9. The molecule has 1 saturated heterocycles. The van der Waals surface area contributed by atoms with Crippen molar-refractivity contribution in [2.75, 3.05) is 31.2 Å². The van der Waals surface area contributed by atoms with Gasteiger partial charge in [0.2, 0.25) is 0 Å². The molecule has 6 nitrogen and oxygen atoms in total. The Kier molecular flexibility index (Phi) is 5.57. The van der Waals surface area contributed by atoms with Gasteiger partial charge in [0.1, 0.15) is 5.75 Å². The van der Waals surface area contributed by atoms with Gasteiger partial charge in [-0.1, -0.05) is 24.6 Å². The third kappa shape index (κ3) is 4.75. The van der Waals surface area contributed by atoms with Crippen LogP contribution in [-0.4, -0.2) is 45.6 Å². The van der Waals surface area contributed by atoms with Gasteiger partial charge in [0.15, 0.2) is 15.8 Å². The highest BCUT2D eigenvalue weighted by Gasteiger charge is 2.28. The SMILES string of the molecule is O=S1(=O)CCC(CN=C(NCC2CCC2)NC2CCOc3ccccc32)C1. The molecule has 148 valence electrons. The van der Waals surface area contributed by atoms with Crippen LogP contribution in [0.4, 0.5) is 0 Å². The van der Waals surface area contributed by atoms with E-state index in [0.717, 1.165) is 42.6 Å². The van der Waals surface area contributed by atoms with Crippen LogP contribution in [0, 0.1) is 11.8 Å². The first-order valence-electron chi connectivity index (χ1n) is 10.1. The minimum absolute atomic E-state index is 0.138. The largest absolute Gasteiger partial charge is 0.493 e. The molecule has 1 aliphatic carbocycles. The lowest BCUT2D eigenvalue weighted by molar-refractivity contribution is 0.261. The van der Waals surface area contributed by atoms with Gasteiger partial charge in [0.25, 0.3) is 0 Å². The van der Waals surface area contributed by atoms with Gasteiger partial charge >= 0.3 is 0 Å². The van der Waals surface area contributed by atoms with E-state index < -0.39 is 9.84 Å². The van der Waals surface area contributed by atoms with Gasteiger partial charge in [0, 0.05) is 25.1 Å². The smallest absolute Gasteiger partial charge is 0.191 e. The minimum Gasteiger partial charge on any atom is -0.493 e. The van der Waals surface area contributed by atoms with Crippen LogP contribution < -0.4 is 15.4 Å². The molecule has 0 spiro atoms. The highest BCUT2D eigenvalue weighted by molar-refractivity contribution is 7.91. The molecule has 2 unspecified atom stereocenters. The lowest BCUT2D eigenvalue weighted by Crippen LogP contribution is -2.44. The summed E-state index contributed by atoms with van der Waals surface area (Å²) in [5.74, 6) is 3.17. The van der Waals surface area contributed by atoms with Crippen LogP contribution >= 0.6 is 0 Å². The number of nitrogens with one attached hydrogen (secondary N) is 2. The summed E-state index contributed by atoms with van der Waals surface area (Å²) in [6, 6.07) is 8.29. The van der Waals surface area contributed by atoms with Crippen molar-refractivity contribution in [1.29, 1.82) is 0 Å². The maximum atomic E-state index is 11.7. The van der Waals surface area contributed by atoms with E-state index in [4.69, 9.17) is 9.73 Å². The molecule has 1 aromatic rings. The van der Waals surface area contributed by atoms with E-state index in [1.807, 2.05) is 18.2 Å². The Hall–Kier alpha value is -1.76. The fourth-order valence-corrected chi connectivity index (χ4v) is 5.83. The molecule has 2 aliphatic heterocycles. The normalized spacial score (nSPS) is 27.3. The van der Waals surface area contributed by atoms with Crippen molar-refractivity contribution in [1.82, 2.24) is 10.6 Å². The Labute approximate surface area is 161 Å². The van der Waals surface area contributed by atoms with Gasteiger partial charge in [-0.05, 0) is 37.2 Å². The second-order valence-electron chi connectivity index (χ2n) is 8.01. The number of sulfone groups is 1. The topological polar surface area (TPSA) is 79.8 Å². The third-order valence-electron chi connectivity index (χ3n) is 5.89. The zero-order chi connectivity index (χ0) is 18.7. The van der Waals surface area contributed by atoms with Crippen molar-refractivity contribution in [3.63, 3.8) is 0 Å². The van der Waals surface area contributed by atoms with E-state index in [2.05, 4.69) is 16.7 Å². The maximum absolute atomic E-state index is 11.7. The summed E-state index contributed by atoms with van der Waals surface area (Å²) in [5.41, 5.74) is 1.16. The first-order chi connectivity index (χ1) is 13.1. The molecule has 0 aromatic heterocycles. The van der Waals surface area contributed by atoms with E-state index in [1.165, 1.54) is 19.3 Å². The van der Waals surface area contributed by atoms with Gasteiger partial charge in [0.05, 0.1) is 24.2 Å². The Morgan fingerprint density at radius 1 is 1.15 bits per heavy atom. The third-order valence-corrected chi connectivity index (χ3v) is 7.72. The van der Waals surface area contributed by atoms with Crippen LogP contribution in [0.15, 0.2) is 29.3 Å². The van der Waals surface area contributed by atoms with E-state index in [9.17, 15) is 8.42 Å². The Morgan fingerprint density at radius 2 is 2.00 bits per heavy atom. The molecule has 0 bridgehead atoms. The Balaban J connectivity index is 1.43. The molecule has 1 saturated carbocycles. The fourth-order valence-electron chi connectivity index (χ4n) is 3.98. The minimum atomic E-state index is -2.86. The number of nitrogens with zero attached hydrogens (tertiary/aromatic N) is 1. The number of aliphatic imine (C=N–C) groups is 1. The van der Waals surface area contributed by atoms with Gasteiger partial charge in [-0.3, -0.25) is 4.99 Å². The van der Waals surface area contributed by atoms with Crippen molar-refractivity contribution >= 4 is 15.8 Å². The first kappa shape index (κ1) is 18.6. The second-order valence-corrected chi connectivity index (χ2v) is 10.2. The van der Waals surface area contributed by atoms with Crippen molar-refractivity contribution in [3.05, 3.63) is 29.8 Å². The molecule has 0 radical (unpaired) electrons. The number of guanidine groups is 1. The van der Waals surface area contributed by atoms with Crippen LogP contribution in [0.1, 0.15) is 43.7 Å². The lowest BCUT2D eigenvalue weighted by atomic mass is 9.85. The summed E-state index contributed by atoms with van der Waals surface area (Å²) in [6.45, 7) is 2.18. The van der Waals surface area contributed by atoms with Crippen molar-refractivity contribution in [3.8, 4) is 5.75 Å². The molecule has 2 atom stereocenters. The average molecular weight is 392 g/mol. The molecular weight excluding hydrogens is 362 g/mol. The van der Waals surface area contributed by atoms with Crippen molar-refractivity contribution in [2.24, 2.45) is 16.8 Å². The summed E-state index contributed by atoms with van der Waals surface area (Å²) >= 11 is 0. The van der Waals surface area contributed by atoms with E-state index in [-0.39, 0.29) is 17.7 Å². The number of ether oxygens (including phenoxy) is 1. The van der Waals surface area contributed by atoms with Gasteiger partial charge in [-0.2, -0.15) is 0 Å². The van der Waals surface area contributed by atoms with Crippen LogP contribution in [0.3, 0.4) is 0 Å². The quantitative estimate of drug-likeness (QED) is 0.595. The zero-order valence-electron chi connectivity index (χ0n) is 15.7. The molecule has 1 aromatic carbocycles. The van der Waals surface area contributed by atoms with E-state index in [1.54, 1.807) is 0 Å². The number of hydrogen-bond acceptors (Lipinski definition) is 4. The molecule has 2 heterocycles. The number of rotatable bonds is 5. The van der Waals surface area contributed by atoms with E-state index in [0.29, 0.717) is 18.9 Å². The lowest BCUT2D eigenvalue weighted by Gasteiger charge is -2.30. The van der Waals surface area contributed by atoms with Crippen LogP contribution in [0.25, 0.3) is 0 Å². The van der Waals surface area contributed by atoms with Gasteiger partial charge < -0.3 is 15.4 Å². The van der Waals surface area contributed by atoms with Gasteiger partial charge in [-0.25, -0.2) is 8.42 Å². The van der Waals surface area contributed by atoms with Gasteiger partial charge in [-0.15, -0.1) is 0 Å². The summed E-state index contributed by atoms with van der Waals surface area (Å²) in [5, 5.41) is 7.06. The number of hydrogen-bond donors (Lipinski definition) is 2. The molecular formula is C20H29N3O3S. The molecule has 3 aliphatic rings. The summed E-state index contributed by atoms with van der Waals surface area (Å²) < 4.78 is 29.2. The average Bonchev–Trinajstić information content (AvgIpc) is 2.97. The maximum Gasteiger partial charge on any atom is 0.191 e. The zero-order valence-corrected chi connectivity index (χ0v) is 16.5. The predicted octanol–water partition coefficient (Wildman–Crippen LogP) is 2.28. The molecule has 4 rings (SSSR count). The number of benzene rings is 1. The Morgan fingerprint density at radius 3 is 2.74 bits per heavy atom. The molecule has 27 heavy (non-hydrogen) atoms. The Bertz CT molecular complexity index is 789. The summed E-state index contributed by atoms with van der Waals surface area (Å²) in [7, 11) is -2.86. The van der Waals surface area contributed by atoms with E-state index >= 15 is 0 Å². The molecule has 7 heteroatoms. The fraction of sp³-hybridized carbons (Fsp3) is 0.650. The molecule has 0 amide bonds. The predicted molar refractivity (Wildman–Crippen MR) is 107 cm³/mol. The number of para-hydroxylation sites is 1.